The second kappa shape index (κ2) is 10.2. The van der Waals surface area contributed by atoms with E-state index >= 15 is 0 Å². The maximum Gasteiger partial charge on any atom is 0.262 e. The molecule has 7 nitrogen and oxygen atoms in total. The van der Waals surface area contributed by atoms with Crippen molar-refractivity contribution in [2.75, 3.05) is 25.0 Å². The van der Waals surface area contributed by atoms with E-state index in [0.29, 0.717) is 42.7 Å². The Bertz CT molecular complexity index is 807. The number of piperidine rings is 1. The van der Waals surface area contributed by atoms with Crippen LogP contribution in [-0.4, -0.2) is 39.8 Å². The van der Waals surface area contributed by atoms with E-state index in [0.717, 1.165) is 32.4 Å². The lowest BCUT2D eigenvalue weighted by Gasteiger charge is -2.27. The molecule has 156 valence electrons. The summed E-state index contributed by atoms with van der Waals surface area (Å²) in [4.78, 5) is 16.7. The van der Waals surface area contributed by atoms with E-state index < -0.39 is 10.0 Å². The van der Waals surface area contributed by atoms with Crippen molar-refractivity contribution >= 4 is 39.9 Å². The van der Waals surface area contributed by atoms with Crippen molar-refractivity contribution in [3.05, 3.63) is 24.3 Å². The predicted octanol–water partition coefficient (Wildman–Crippen LogP) is 2.54. The molecule has 1 atom stereocenters. The highest BCUT2D eigenvalue weighted by Gasteiger charge is 2.23. The summed E-state index contributed by atoms with van der Waals surface area (Å²) in [6.07, 6.45) is 4.14. The molecule has 1 amide bonds. The first-order chi connectivity index (χ1) is 12.9. The number of sulfonamides is 1. The Balaban J connectivity index is 0.00000280. The summed E-state index contributed by atoms with van der Waals surface area (Å²) < 4.78 is 27.5. The van der Waals surface area contributed by atoms with Gasteiger partial charge in [-0.05, 0) is 62.4 Å². The van der Waals surface area contributed by atoms with Crippen LogP contribution in [0.15, 0.2) is 34.2 Å². The topological polar surface area (TPSA) is 99.7 Å². The lowest BCUT2D eigenvalue weighted by Crippen LogP contribution is -2.32. The number of anilines is 1. The average molecular weight is 429 g/mol. The predicted molar refractivity (Wildman–Crippen MR) is 114 cm³/mol. The Hall–Kier alpha value is -1.64. The summed E-state index contributed by atoms with van der Waals surface area (Å²) in [7, 11) is -3.68. The van der Waals surface area contributed by atoms with Crippen LogP contribution >= 0.6 is 12.4 Å². The fourth-order valence-corrected chi connectivity index (χ4v) is 4.80. The zero-order valence-corrected chi connectivity index (χ0v) is 17.7. The third-order valence-corrected chi connectivity index (χ3v) is 6.63. The lowest BCUT2D eigenvalue weighted by molar-refractivity contribution is -0.117. The van der Waals surface area contributed by atoms with E-state index in [1.54, 1.807) is 12.1 Å². The van der Waals surface area contributed by atoms with Crippen molar-refractivity contribution in [2.24, 2.45) is 16.8 Å². The number of carbonyl (C=O) groups excluding carboxylic acids is 1. The van der Waals surface area contributed by atoms with E-state index in [1.165, 1.54) is 12.1 Å². The first-order valence-corrected chi connectivity index (χ1v) is 11.1. The number of carbonyl (C=O) groups is 1. The van der Waals surface area contributed by atoms with Crippen molar-refractivity contribution in [1.29, 1.82) is 0 Å². The van der Waals surface area contributed by atoms with Crippen molar-refractivity contribution < 1.29 is 13.2 Å². The fraction of sp³-hybridized carbons (Fsp3) is 0.579. The van der Waals surface area contributed by atoms with E-state index in [2.05, 4.69) is 27.3 Å². The molecule has 0 aromatic heterocycles. The van der Waals surface area contributed by atoms with E-state index in [4.69, 9.17) is 0 Å². The van der Waals surface area contributed by atoms with E-state index in [9.17, 15) is 13.2 Å². The van der Waals surface area contributed by atoms with Gasteiger partial charge in [0.15, 0.2) is 0 Å². The SMILES string of the molecule is CC(CC(=O)Nc1cccc(S(=O)(=O)NC2=NCCC2)c1)C1CCNCC1.Cl. The highest BCUT2D eigenvalue weighted by molar-refractivity contribution is 7.90. The van der Waals surface area contributed by atoms with Crippen LogP contribution in [0.5, 0.6) is 0 Å². The maximum absolute atomic E-state index is 12.5. The molecule has 1 aromatic carbocycles. The molecule has 28 heavy (non-hydrogen) atoms. The van der Waals surface area contributed by atoms with Crippen LogP contribution in [0.25, 0.3) is 0 Å². The molecule has 2 heterocycles. The summed E-state index contributed by atoms with van der Waals surface area (Å²) >= 11 is 0. The molecule has 1 aromatic rings. The van der Waals surface area contributed by atoms with E-state index in [-0.39, 0.29) is 23.2 Å². The minimum absolute atomic E-state index is 0. The second-order valence-corrected chi connectivity index (χ2v) is 9.06. The number of halogens is 1. The lowest BCUT2D eigenvalue weighted by atomic mass is 9.84. The molecule has 0 spiro atoms. The number of hydrogen-bond donors (Lipinski definition) is 3. The Morgan fingerprint density at radius 1 is 1.32 bits per heavy atom. The highest BCUT2D eigenvalue weighted by Crippen LogP contribution is 2.25. The van der Waals surface area contributed by atoms with Gasteiger partial charge in [-0.1, -0.05) is 13.0 Å². The van der Waals surface area contributed by atoms with Gasteiger partial charge in [0.05, 0.1) is 4.90 Å². The Morgan fingerprint density at radius 3 is 2.75 bits per heavy atom. The van der Waals surface area contributed by atoms with Gasteiger partial charge in [-0.25, -0.2) is 8.42 Å². The molecule has 2 aliphatic heterocycles. The van der Waals surface area contributed by atoms with Gasteiger partial charge in [0.1, 0.15) is 5.84 Å². The van der Waals surface area contributed by atoms with Crippen LogP contribution in [0.3, 0.4) is 0 Å². The van der Waals surface area contributed by atoms with Crippen molar-refractivity contribution in [1.82, 2.24) is 10.0 Å². The first kappa shape index (κ1) is 22.6. The van der Waals surface area contributed by atoms with Gasteiger partial charge in [0.2, 0.25) is 5.91 Å². The third kappa shape index (κ3) is 6.18. The molecule has 3 N–H and O–H groups in total. The van der Waals surface area contributed by atoms with Crippen LogP contribution in [0.2, 0.25) is 0 Å². The van der Waals surface area contributed by atoms with Gasteiger partial charge >= 0.3 is 0 Å². The van der Waals surface area contributed by atoms with Crippen LogP contribution < -0.4 is 15.4 Å². The quantitative estimate of drug-likeness (QED) is 0.648. The number of aliphatic imine (C=N–C) groups is 1. The standard InChI is InChI=1S/C19H28N4O3S.ClH/c1-14(15-7-10-20-11-8-15)12-19(24)22-16-4-2-5-17(13-16)27(25,26)23-18-6-3-9-21-18;/h2,4-5,13-15,20H,3,6-12H2,1H3,(H,21,23)(H,22,24);1H. The summed E-state index contributed by atoms with van der Waals surface area (Å²) in [6, 6.07) is 6.35. The summed E-state index contributed by atoms with van der Waals surface area (Å²) in [5, 5.41) is 6.18. The van der Waals surface area contributed by atoms with Gasteiger partial charge < -0.3 is 10.6 Å². The van der Waals surface area contributed by atoms with Crippen LogP contribution in [0.1, 0.15) is 39.0 Å². The molecule has 1 fully saturated rings. The van der Waals surface area contributed by atoms with Gasteiger partial charge in [-0.2, -0.15) is 0 Å². The molecular formula is C19H29ClN4O3S. The zero-order chi connectivity index (χ0) is 19.3. The maximum atomic E-state index is 12.5. The van der Waals surface area contributed by atoms with Crippen molar-refractivity contribution in [2.45, 2.75) is 43.9 Å². The third-order valence-electron chi connectivity index (χ3n) is 5.25. The summed E-state index contributed by atoms with van der Waals surface area (Å²) in [5.41, 5.74) is 0.494. The molecule has 0 saturated carbocycles. The van der Waals surface area contributed by atoms with Gasteiger partial charge in [-0.15, -0.1) is 12.4 Å². The van der Waals surface area contributed by atoms with Gasteiger partial charge in [0.25, 0.3) is 10.0 Å². The minimum atomic E-state index is -3.68. The Kier molecular flexibility index (Phi) is 8.27. The molecule has 1 unspecified atom stereocenters. The van der Waals surface area contributed by atoms with Gasteiger partial charge in [0, 0.05) is 25.1 Å². The summed E-state index contributed by atoms with van der Waals surface area (Å²) in [5.74, 6) is 1.28. The zero-order valence-electron chi connectivity index (χ0n) is 16.1. The molecule has 0 radical (unpaired) electrons. The van der Waals surface area contributed by atoms with E-state index in [1.807, 2.05) is 0 Å². The number of benzene rings is 1. The average Bonchev–Trinajstić information content (AvgIpc) is 3.15. The second-order valence-electron chi connectivity index (χ2n) is 7.38. The number of amides is 1. The van der Waals surface area contributed by atoms with Crippen LogP contribution in [0.4, 0.5) is 5.69 Å². The molecule has 3 rings (SSSR count). The van der Waals surface area contributed by atoms with Crippen LogP contribution in [0, 0.1) is 11.8 Å². The molecule has 2 aliphatic rings. The minimum Gasteiger partial charge on any atom is -0.326 e. The Labute approximate surface area is 173 Å². The number of hydrogen-bond acceptors (Lipinski definition) is 5. The van der Waals surface area contributed by atoms with Crippen molar-refractivity contribution in [3.8, 4) is 0 Å². The molecule has 0 bridgehead atoms. The smallest absolute Gasteiger partial charge is 0.262 e. The van der Waals surface area contributed by atoms with Gasteiger partial charge in [-0.3, -0.25) is 14.5 Å². The summed E-state index contributed by atoms with van der Waals surface area (Å²) in [6.45, 7) is 4.79. The Morgan fingerprint density at radius 2 is 2.07 bits per heavy atom. The number of amidine groups is 1. The first-order valence-electron chi connectivity index (χ1n) is 9.61. The largest absolute Gasteiger partial charge is 0.326 e. The molecule has 0 aliphatic carbocycles. The molecule has 9 heteroatoms. The normalized spacial score (nSPS) is 18.7. The molecule has 1 saturated heterocycles. The molecular weight excluding hydrogens is 400 g/mol. The highest BCUT2D eigenvalue weighted by atomic mass is 35.5. The monoisotopic (exact) mass is 428 g/mol. The number of nitrogens with zero attached hydrogens (tertiary/aromatic N) is 1. The van der Waals surface area contributed by atoms with Crippen molar-refractivity contribution in [3.63, 3.8) is 0 Å². The number of rotatable bonds is 6. The van der Waals surface area contributed by atoms with Crippen LogP contribution in [-0.2, 0) is 14.8 Å². The number of nitrogens with one attached hydrogen (secondary N) is 3. The fourth-order valence-electron chi connectivity index (χ4n) is 3.66.